The quantitative estimate of drug-likeness (QED) is 0.538. The SMILES string of the molecule is CC(C)[C@H]1NC(=O)C[C@@H]1O. The molecule has 1 rings (SSSR count). The number of nitrogens with one attached hydrogen (secondary N) is 1. The van der Waals surface area contributed by atoms with Gasteiger partial charge in [-0.3, -0.25) is 4.79 Å². The predicted octanol–water partition coefficient (Wildman–Crippen LogP) is -0.108. The average molecular weight is 143 g/mol. The van der Waals surface area contributed by atoms with Gasteiger partial charge in [-0.05, 0) is 5.92 Å². The molecule has 0 aromatic heterocycles. The van der Waals surface area contributed by atoms with Crippen LogP contribution in [0.15, 0.2) is 0 Å². The van der Waals surface area contributed by atoms with Crippen LogP contribution < -0.4 is 5.32 Å². The van der Waals surface area contributed by atoms with Crippen LogP contribution in [0, 0.1) is 5.92 Å². The van der Waals surface area contributed by atoms with Gasteiger partial charge in [0.2, 0.25) is 5.91 Å². The first-order chi connectivity index (χ1) is 4.61. The largest absolute Gasteiger partial charge is 0.390 e. The zero-order chi connectivity index (χ0) is 7.72. The van der Waals surface area contributed by atoms with E-state index >= 15 is 0 Å². The Morgan fingerprint density at radius 1 is 1.70 bits per heavy atom. The highest BCUT2D eigenvalue weighted by atomic mass is 16.3. The molecular formula is C7H13NO2. The van der Waals surface area contributed by atoms with Gasteiger partial charge in [-0.2, -0.15) is 0 Å². The van der Waals surface area contributed by atoms with Crippen molar-refractivity contribution in [2.45, 2.75) is 32.4 Å². The number of hydrogen-bond donors (Lipinski definition) is 2. The highest BCUT2D eigenvalue weighted by Gasteiger charge is 2.32. The fraction of sp³-hybridized carbons (Fsp3) is 0.857. The third-order valence-electron chi connectivity index (χ3n) is 1.85. The molecular weight excluding hydrogens is 130 g/mol. The molecule has 0 spiro atoms. The van der Waals surface area contributed by atoms with E-state index in [1.165, 1.54) is 0 Å². The summed E-state index contributed by atoms with van der Waals surface area (Å²) in [5.74, 6) is 0.285. The monoisotopic (exact) mass is 143 g/mol. The number of aliphatic hydroxyl groups excluding tert-OH is 1. The summed E-state index contributed by atoms with van der Waals surface area (Å²) >= 11 is 0. The van der Waals surface area contributed by atoms with E-state index in [0.29, 0.717) is 5.92 Å². The van der Waals surface area contributed by atoms with Gasteiger partial charge in [-0.15, -0.1) is 0 Å². The highest BCUT2D eigenvalue weighted by molar-refractivity contribution is 5.79. The Morgan fingerprint density at radius 3 is 2.50 bits per heavy atom. The third-order valence-corrected chi connectivity index (χ3v) is 1.85. The van der Waals surface area contributed by atoms with Gasteiger partial charge in [0.1, 0.15) is 0 Å². The molecule has 1 amide bonds. The molecule has 0 saturated carbocycles. The summed E-state index contributed by atoms with van der Waals surface area (Å²) in [7, 11) is 0. The van der Waals surface area contributed by atoms with Gasteiger partial charge in [0.15, 0.2) is 0 Å². The molecule has 2 N–H and O–H groups in total. The molecule has 0 aromatic rings. The first-order valence-corrected chi connectivity index (χ1v) is 3.58. The van der Waals surface area contributed by atoms with E-state index in [4.69, 9.17) is 0 Å². The second-order valence-corrected chi connectivity index (χ2v) is 3.11. The lowest BCUT2D eigenvalue weighted by molar-refractivity contribution is -0.119. The molecule has 1 aliphatic rings. The Morgan fingerprint density at radius 2 is 2.30 bits per heavy atom. The van der Waals surface area contributed by atoms with Crippen LogP contribution >= 0.6 is 0 Å². The van der Waals surface area contributed by atoms with Crippen molar-refractivity contribution >= 4 is 5.91 Å². The Labute approximate surface area is 60.4 Å². The van der Waals surface area contributed by atoms with Crippen molar-refractivity contribution in [2.75, 3.05) is 0 Å². The van der Waals surface area contributed by atoms with Crippen LogP contribution in [0.25, 0.3) is 0 Å². The fourth-order valence-electron chi connectivity index (χ4n) is 1.27. The van der Waals surface area contributed by atoms with Crippen LogP contribution in [0.3, 0.4) is 0 Å². The van der Waals surface area contributed by atoms with E-state index in [2.05, 4.69) is 5.32 Å². The number of carbonyl (C=O) groups is 1. The highest BCUT2D eigenvalue weighted by Crippen LogP contribution is 2.15. The summed E-state index contributed by atoms with van der Waals surface area (Å²) in [6.07, 6.45) is -0.212. The predicted molar refractivity (Wildman–Crippen MR) is 37.4 cm³/mol. The zero-order valence-corrected chi connectivity index (χ0v) is 6.29. The molecule has 0 aromatic carbocycles. The molecule has 58 valence electrons. The van der Waals surface area contributed by atoms with Gasteiger partial charge in [0.25, 0.3) is 0 Å². The maximum absolute atomic E-state index is 10.7. The van der Waals surface area contributed by atoms with E-state index in [1.54, 1.807) is 0 Å². The van der Waals surface area contributed by atoms with E-state index in [1.807, 2.05) is 13.8 Å². The molecule has 2 atom stereocenters. The first-order valence-electron chi connectivity index (χ1n) is 3.58. The van der Waals surface area contributed by atoms with Crippen LogP contribution in [0.4, 0.5) is 0 Å². The van der Waals surface area contributed by atoms with Crippen molar-refractivity contribution in [1.29, 1.82) is 0 Å². The van der Waals surface area contributed by atoms with Crippen molar-refractivity contribution in [1.82, 2.24) is 5.32 Å². The number of carbonyl (C=O) groups excluding carboxylic acids is 1. The van der Waals surface area contributed by atoms with E-state index in [9.17, 15) is 9.90 Å². The number of amides is 1. The van der Waals surface area contributed by atoms with Crippen LogP contribution in [-0.2, 0) is 4.79 Å². The van der Waals surface area contributed by atoms with Crippen LogP contribution in [0.1, 0.15) is 20.3 Å². The molecule has 10 heavy (non-hydrogen) atoms. The molecule has 3 nitrogen and oxygen atoms in total. The third kappa shape index (κ3) is 1.29. The Hall–Kier alpha value is -0.570. The van der Waals surface area contributed by atoms with E-state index in [-0.39, 0.29) is 18.4 Å². The summed E-state index contributed by atoms with van der Waals surface area (Å²) in [6, 6.07) is -0.0347. The molecule has 1 fully saturated rings. The Kier molecular flexibility index (Phi) is 1.94. The fourth-order valence-corrected chi connectivity index (χ4v) is 1.27. The second kappa shape index (κ2) is 2.58. The Bertz CT molecular complexity index is 145. The van der Waals surface area contributed by atoms with Crippen molar-refractivity contribution < 1.29 is 9.90 Å². The van der Waals surface area contributed by atoms with Crippen molar-refractivity contribution in [3.05, 3.63) is 0 Å². The molecule has 0 bridgehead atoms. The minimum absolute atomic E-state index is 0.0347. The second-order valence-electron chi connectivity index (χ2n) is 3.11. The van der Waals surface area contributed by atoms with Crippen molar-refractivity contribution in [2.24, 2.45) is 5.92 Å². The average Bonchev–Trinajstić information content (AvgIpc) is 2.10. The topological polar surface area (TPSA) is 49.3 Å². The van der Waals surface area contributed by atoms with Crippen molar-refractivity contribution in [3.8, 4) is 0 Å². The summed E-state index contributed by atoms with van der Waals surface area (Å²) < 4.78 is 0. The van der Waals surface area contributed by atoms with Gasteiger partial charge < -0.3 is 10.4 Å². The minimum Gasteiger partial charge on any atom is -0.390 e. The molecule has 1 saturated heterocycles. The summed E-state index contributed by atoms with van der Waals surface area (Å²) in [5.41, 5.74) is 0. The first kappa shape index (κ1) is 7.54. The number of hydrogen-bond acceptors (Lipinski definition) is 2. The Balaban J connectivity index is 2.54. The lowest BCUT2D eigenvalue weighted by Gasteiger charge is -2.17. The normalized spacial score (nSPS) is 33.0. The summed E-state index contributed by atoms with van der Waals surface area (Å²) in [4.78, 5) is 10.7. The maximum Gasteiger partial charge on any atom is 0.222 e. The standard InChI is InChI=1S/C7H13NO2/c1-4(2)7-5(9)3-6(10)8-7/h4-5,7,9H,3H2,1-2H3,(H,8,10)/t5-,7+/m0/s1. The van der Waals surface area contributed by atoms with Crippen molar-refractivity contribution in [3.63, 3.8) is 0 Å². The maximum atomic E-state index is 10.7. The smallest absolute Gasteiger partial charge is 0.222 e. The van der Waals surface area contributed by atoms with Gasteiger partial charge in [-0.25, -0.2) is 0 Å². The van der Waals surface area contributed by atoms with Crippen LogP contribution in [0.5, 0.6) is 0 Å². The summed E-state index contributed by atoms with van der Waals surface area (Å²) in [5, 5.41) is 12.0. The molecule has 0 unspecified atom stereocenters. The number of rotatable bonds is 1. The lowest BCUT2D eigenvalue weighted by Crippen LogP contribution is -2.36. The lowest BCUT2D eigenvalue weighted by atomic mass is 10.0. The molecule has 1 aliphatic heterocycles. The summed E-state index contributed by atoms with van der Waals surface area (Å²) in [6.45, 7) is 3.97. The molecule has 1 heterocycles. The van der Waals surface area contributed by atoms with Crippen LogP contribution in [-0.4, -0.2) is 23.2 Å². The van der Waals surface area contributed by atoms with E-state index < -0.39 is 6.10 Å². The number of aliphatic hydroxyl groups is 1. The van der Waals surface area contributed by atoms with Gasteiger partial charge in [0, 0.05) is 0 Å². The van der Waals surface area contributed by atoms with Gasteiger partial charge >= 0.3 is 0 Å². The molecule has 3 heteroatoms. The molecule has 0 radical (unpaired) electrons. The van der Waals surface area contributed by atoms with Gasteiger partial charge in [-0.1, -0.05) is 13.8 Å². The molecule has 0 aliphatic carbocycles. The minimum atomic E-state index is -0.479. The van der Waals surface area contributed by atoms with Crippen LogP contribution in [0.2, 0.25) is 0 Å². The van der Waals surface area contributed by atoms with E-state index in [0.717, 1.165) is 0 Å². The zero-order valence-electron chi connectivity index (χ0n) is 6.29. The van der Waals surface area contributed by atoms with Gasteiger partial charge in [0.05, 0.1) is 18.6 Å².